The lowest BCUT2D eigenvalue weighted by Crippen LogP contribution is -2.34. The maximum atomic E-state index is 10.8. The standard InChI is InChI=1S/C10H13NO5S/c1-17(12,13)15-6-8-5-14-10-4-7(11)2-3-9(10)16-8/h2-4,8H,5-6,11H2,1H3. The first-order valence-electron chi connectivity index (χ1n) is 4.97. The Morgan fingerprint density at radius 1 is 1.47 bits per heavy atom. The van der Waals surface area contributed by atoms with E-state index in [9.17, 15) is 8.42 Å². The fraction of sp³-hybridized carbons (Fsp3) is 0.400. The molecule has 1 atom stereocenters. The number of anilines is 1. The molecule has 7 heteroatoms. The van der Waals surface area contributed by atoms with Crippen LogP contribution in [0.2, 0.25) is 0 Å². The molecule has 0 radical (unpaired) electrons. The van der Waals surface area contributed by atoms with Gasteiger partial charge in [-0.15, -0.1) is 0 Å². The van der Waals surface area contributed by atoms with Crippen molar-refractivity contribution >= 4 is 15.8 Å². The van der Waals surface area contributed by atoms with Crippen molar-refractivity contribution in [3.05, 3.63) is 18.2 Å². The normalized spacial score (nSPS) is 19.0. The van der Waals surface area contributed by atoms with Crippen LogP contribution in [0.1, 0.15) is 0 Å². The maximum Gasteiger partial charge on any atom is 0.264 e. The van der Waals surface area contributed by atoms with Crippen LogP contribution < -0.4 is 15.2 Å². The van der Waals surface area contributed by atoms with E-state index in [-0.39, 0.29) is 13.2 Å². The van der Waals surface area contributed by atoms with E-state index in [2.05, 4.69) is 4.18 Å². The minimum atomic E-state index is -3.46. The molecule has 0 spiro atoms. The smallest absolute Gasteiger partial charge is 0.264 e. The molecule has 0 aromatic heterocycles. The van der Waals surface area contributed by atoms with Gasteiger partial charge in [-0.2, -0.15) is 8.42 Å². The lowest BCUT2D eigenvalue weighted by atomic mass is 10.2. The number of hydrogen-bond acceptors (Lipinski definition) is 6. The number of hydrogen-bond donors (Lipinski definition) is 1. The van der Waals surface area contributed by atoms with E-state index in [4.69, 9.17) is 15.2 Å². The van der Waals surface area contributed by atoms with Crippen molar-refractivity contribution in [2.24, 2.45) is 0 Å². The van der Waals surface area contributed by atoms with E-state index in [0.29, 0.717) is 17.2 Å². The molecule has 1 aliphatic heterocycles. The number of nitrogen functional groups attached to an aromatic ring is 1. The summed E-state index contributed by atoms with van der Waals surface area (Å²) in [5.74, 6) is 1.09. The molecular formula is C10H13NO5S. The molecule has 1 aromatic rings. The Hall–Kier alpha value is -1.47. The van der Waals surface area contributed by atoms with Crippen molar-refractivity contribution in [1.82, 2.24) is 0 Å². The summed E-state index contributed by atoms with van der Waals surface area (Å²) in [4.78, 5) is 0. The second-order valence-corrected chi connectivity index (χ2v) is 5.39. The molecule has 1 heterocycles. The van der Waals surface area contributed by atoms with Gasteiger partial charge in [0.1, 0.15) is 13.2 Å². The molecule has 2 rings (SSSR count). The van der Waals surface area contributed by atoms with Crippen LogP contribution in [0.3, 0.4) is 0 Å². The van der Waals surface area contributed by atoms with Gasteiger partial charge in [0.2, 0.25) is 0 Å². The van der Waals surface area contributed by atoms with Crippen LogP contribution >= 0.6 is 0 Å². The van der Waals surface area contributed by atoms with E-state index in [1.165, 1.54) is 0 Å². The molecule has 0 amide bonds. The third kappa shape index (κ3) is 3.24. The number of ether oxygens (including phenoxy) is 2. The van der Waals surface area contributed by atoms with Gasteiger partial charge in [-0.1, -0.05) is 0 Å². The number of benzene rings is 1. The summed E-state index contributed by atoms with van der Waals surface area (Å²) in [7, 11) is -3.46. The highest BCUT2D eigenvalue weighted by molar-refractivity contribution is 7.85. The van der Waals surface area contributed by atoms with Crippen molar-refractivity contribution in [3.63, 3.8) is 0 Å². The Kier molecular flexibility index (Phi) is 3.12. The summed E-state index contributed by atoms with van der Waals surface area (Å²) in [6, 6.07) is 5.02. The summed E-state index contributed by atoms with van der Waals surface area (Å²) < 4.78 is 37.2. The first-order chi connectivity index (χ1) is 7.94. The van der Waals surface area contributed by atoms with Gasteiger partial charge < -0.3 is 15.2 Å². The van der Waals surface area contributed by atoms with Gasteiger partial charge >= 0.3 is 0 Å². The molecule has 1 unspecified atom stereocenters. The molecule has 0 aliphatic carbocycles. The lowest BCUT2D eigenvalue weighted by Gasteiger charge is -2.26. The summed E-state index contributed by atoms with van der Waals surface area (Å²) >= 11 is 0. The molecule has 1 aromatic carbocycles. The third-order valence-electron chi connectivity index (χ3n) is 2.15. The van der Waals surface area contributed by atoms with Crippen molar-refractivity contribution in [1.29, 1.82) is 0 Å². The average molecular weight is 259 g/mol. The van der Waals surface area contributed by atoms with Crippen LogP contribution in [-0.2, 0) is 14.3 Å². The second-order valence-electron chi connectivity index (χ2n) is 3.75. The molecule has 94 valence electrons. The van der Waals surface area contributed by atoms with E-state index < -0.39 is 16.2 Å². The molecule has 0 saturated carbocycles. The van der Waals surface area contributed by atoms with Crippen molar-refractivity contribution in [2.45, 2.75) is 6.10 Å². The van der Waals surface area contributed by atoms with Gasteiger partial charge in [-0.05, 0) is 12.1 Å². The summed E-state index contributed by atoms with van der Waals surface area (Å²) in [6.07, 6.45) is 0.548. The zero-order chi connectivity index (χ0) is 12.5. The van der Waals surface area contributed by atoms with E-state index in [1.807, 2.05) is 0 Å². The fourth-order valence-corrected chi connectivity index (χ4v) is 1.81. The number of rotatable bonds is 3. The first-order valence-corrected chi connectivity index (χ1v) is 6.79. The topological polar surface area (TPSA) is 87.9 Å². The highest BCUT2D eigenvalue weighted by Gasteiger charge is 2.22. The SMILES string of the molecule is CS(=O)(=O)OCC1COc2cc(N)ccc2O1. The van der Waals surface area contributed by atoms with Crippen LogP contribution in [0.15, 0.2) is 18.2 Å². The molecule has 1 aliphatic rings. The number of fused-ring (bicyclic) bond motifs is 1. The number of nitrogens with two attached hydrogens (primary N) is 1. The van der Waals surface area contributed by atoms with Gasteiger partial charge in [-0.3, -0.25) is 4.18 Å². The van der Waals surface area contributed by atoms with Crippen LogP contribution in [0, 0.1) is 0 Å². The largest absolute Gasteiger partial charge is 0.486 e. The minimum absolute atomic E-state index is 0.0668. The van der Waals surface area contributed by atoms with Gasteiger partial charge in [0.15, 0.2) is 17.6 Å². The van der Waals surface area contributed by atoms with Crippen molar-refractivity contribution in [3.8, 4) is 11.5 Å². The highest BCUT2D eigenvalue weighted by atomic mass is 32.2. The molecule has 0 bridgehead atoms. The van der Waals surface area contributed by atoms with Crippen LogP contribution in [0.25, 0.3) is 0 Å². The van der Waals surface area contributed by atoms with Gasteiger partial charge in [0.25, 0.3) is 10.1 Å². The van der Waals surface area contributed by atoms with Crippen LogP contribution in [-0.4, -0.2) is 34.0 Å². The second kappa shape index (κ2) is 4.42. The third-order valence-corrected chi connectivity index (χ3v) is 2.72. The molecular weight excluding hydrogens is 246 g/mol. The van der Waals surface area contributed by atoms with Gasteiger partial charge in [-0.25, -0.2) is 0 Å². The zero-order valence-electron chi connectivity index (χ0n) is 9.25. The molecule has 0 saturated heterocycles. The highest BCUT2D eigenvalue weighted by Crippen LogP contribution is 2.33. The fourth-order valence-electron chi connectivity index (χ4n) is 1.41. The molecule has 2 N–H and O–H groups in total. The van der Waals surface area contributed by atoms with E-state index in [1.54, 1.807) is 18.2 Å². The quantitative estimate of drug-likeness (QED) is 0.624. The Labute approximate surface area is 99.4 Å². The van der Waals surface area contributed by atoms with Crippen LogP contribution in [0.5, 0.6) is 11.5 Å². The zero-order valence-corrected chi connectivity index (χ0v) is 10.1. The van der Waals surface area contributed by atoms with E-state index >= 15 is 0 Å². The molecule has 6 nitrogen and oxygen atoms in total. The monoisotopic (exact) mass is 259 g/mol. The van der Waals surface area contributed by atoms with Gasteiger partial charge in [0, 0.05) is 11.8 Å². The predicted molar refractivity (Wildman–Crippen MR) is 61.6 cm³/mol. The van der Waals surface area contributed by atoms with Crippen LogP contribution in [0.4, 0.5) is 5.69 Å². The Morgan fingerprint density at radius 3 is 2.94 bits per heavy atom. The van der Waals surface area contributed by atoms with Gasteiger partial charge in [0.05, 0.1) is 6.26 Å². The summed E-state index contributed by atoms with van der Waals surface area (Å²) in [5, 5.41) is 0. The predicted octanol–water partition coefficient (Wildman–Crippen LogP) is 0.385. The lowest BCUT2D eigenvalue weighted by molar-refractivity contribution is 0.0559. The maximum absolute atomic E-state index is 10.8. The summed E-state index contributed by atoms with van der Waals surface area (Å²) in [6.45, 7) is 0.161. The Morgan fingerprint density at radius 2 is 2.24 bits per heavy atom. The van der Waals surface area contributed by atoms with Crippen molar-refractivity contribution < 1.29 is 22.1 Å². The van der Waals surface area contributed by atoms with E-state index in [0.717, 1.165) is 6.26 Å². The summed E-state index contributed by atoms with van der Waals surface area (Å²) in [5.41, 5.74) is 6.17. The average Bonchev–Trinajstić information content (AvgIpc) is 2.25. The Balaban J connectivity index is 2.01. The molecule has 17 heavy (non-hydrogen) atoms. The Bertz CT molecular complexity index is 513. The molecule has 0 fully saturated rings. The minimum Gasteiger partial charge on any atom is -0.486 e. The first kappa shape index (κ1) is 12.0. The van der Waals surface area contributed by atoms with Crippen molar-refractivity contribution in [2.75, 3.05) is 25.2 Å².